The summed E-state index contributed by atoms with van der Waals surface area (Å²) >= 11 is 6.42. The van der Waals surface area contributed by atoms with Crippen molar-refractivity contribution in [1.82, 2.24) is 4.98 Å². The summed E-state index contributed by atoms with van der Waals surface area (Å²) < 4.78 is 11.2. The van der Waals surface area contributed by atoms with Gasteiger partial charge in [0.25, 0.3) is 16.8 Å². The minimum Gasteiger partial charge on any atom is -0.496 e. The number of halogens is 1. The van der Waals surface area contributed by atoms with Gasteiger partial charge in [-0.05, 0) is 37.1 Å². The number of ether oxygens (including phenoxy) is 2. The first-order valence-electron chi connectivity index (χ1n) is 10.5. The monoisotopic (exact) mass is 478 g/mol. The van der Waals surface area contributed by atoms with E-state index in [-0.39, 0.29) is 17.3 Å². The lowest BCUT2D eigenvalue weighted by atomic mass is 10.1. The number of nitrogens with one attached hydrogen (secondary N) is 2. The van der Waals surface area contributed by atoms with Crippen molar-refractivity contribution in [3.63, 3.8) is 0 Å². The Kier molecular flexibility index (Phi) is 5.33. The van der Waals surface area contributed by atoms with Crippen molar-refractivity contribution in [1.29, 1.82) is 0 Å². The van der Waals surface area contributed by atoms with E-state index in [2.05, 4.69) is 15.6 Å². The molecule has 3 aromatic carbocycles. The van der Waals surface area contributed by atoms with Crippen LogP contribution < -0.4 is 36.7 Å². The number of primary amides is 1. The summed E-state index contributed by atoms with van der Waals surface area (Å²) in [6.45, 7) is 0. The third kappa shape index (κ3) is 3.90. The van der Waals surface area contributed by atoms with Crippen LogP contribution in [0.15, 0.2) is 52.2 Å². The van der Waals surface area contributed by atoms with Crippen LogP contribution >= 0.6 is 11.6 Å². The predicted molar refractivity (Wildman–Crippen MR) is 130 cm³/mol. The average molecular weight is 479 g/mol. The zero-order valence-electron chi connectivity index (χ0n) is 18.0. The first-order chi connectivity index (χ1) is 16.4. The van der Waals surface area contributed by atoms with Crippen LogP contribution in [0.5, 0.6) is 17.2 Å². The zero-order chi connectivity index (χ0) is 24.0. The van der Waals surface area contributed by atoms with Crippen LogP contribution in [0, 0.1) is 0 Å². The highest BCUT2D eigenvalue weighted by Crippen LogP contribution is 2.36. The summed E-state index contributed by atoms with van der Waals surface area (Å²) in [7, 11) is 1.44. The fourth-order valence-corrected chi connectivity index (χ4v) is 3.82. The third-order valence-electron chi connectivity index (χ3n) is 5.55. The summed E-state index contributed by atoms with van der Waals surface area (Å²) in [6.07, 6.45) is 3.52. The molecule has 4 aromatic rings. The summed E-state index contributed by atoms with van der Waals surface area (Å²) in [5.74, 6) is 0.532. The van der Waals surface area contributed by atoms with Crippen LogP contribution in [0.4, 0.5) is 17.1 Å². The number of rotatable bonds is 8. The van der Waals surface area contributed by atoms with Crippen LogP contribution in [0.2, 0.25) is 5.02 Å². The normalized spacial score (nSPS) is 13.1. The van der Waals surface area contributed by atoms with Crippen LogP contribution in [0.3, 0.4) is 0 Å². The van der Waals surface area contributed by atoms with E-state index in [0.29, 0.717) is 44.5 Å². The molecule has 1 amide bonds. The van der Waals surface area contributed by atoms with Gasteiger partial charge < -0.3 is 25.8 Å². The molecule has 0 unspecified atom stereocenters. The van der Waals surface area contributed by atoms with Crippen molar-refractivity contribution in [2.24, 2.45) is 5.73 Å². The standard InChI is InChI=1S/C24H19ClN4O5/c1-33-19-10-17-13(9-14(19)24(26)32)18(6-7-27-17)34-12-4-5-16(15(25)8-12)29-21-20(22(30)23(21)31)28-11-2-3-11/h4-11,28-29H,2-3H2,1H3,(H2,26,32). The molecule has 5 rings (SSSR count). The predicted octanol–water partition coefficient (Wildman–Crippen LogP) is 3.70. The largest absolute Gasteiger partial charge is 0.496 e. The number of benzene rings is 2. The van der Waals surface area contributed by atoms with Crippen molar-refractivity contribution in [2.75, 3.05) is 17.7 Å². The SMILES string of the molecule is COc1cc2nccc(Oc3ccc(Nc4c(NC5CC5)c(=O)c4=O)c(Cl)c3)c2cc1C(N)=O. The van der Waals surface area contributed by atoms with E-state index in [1.54, 1.807) is 42.6 Å². The Hall–Kier alpha value is -4.11. The summed E-state index contributed by atoms with van der Waals surface area (Å²) in [5, 5.41) is 6.88. The van der Waals surface area contributed by atoms with E-state index in [0.717, 1.165) is 12.8 Å². The summed E-state index contributed by atoms with van der Waals surface area (Å²) in [6, 6.07) is 9.96. The van der Waals surface area contributed by atoms with Crippen molar-refractivity contribution < 1.29 is 14.3 Å². The highest BCUT2D eigenvalue weighted by molar-refractivity contribution is 6.33. The smallest absolute Gasteiger partial charge is 0.253 e. The molecule has 172 valence electrons. The third-order valence-corrected chi connectivity index (χ3v) is 5.87. The lowest BCUT2D eigenvalue weighted by Gasteiger charge is -2.16. The van der Waals surface area contributed by atoms with Gasteiger partial charge in [-0.1, -0.05) is 11.6 Å². The second-order valence-electron chi connectivity index (χ2n) is 7.94. The minimum atomic E-state index is -0.638. The van der Waals surface area contributed by atoms with E-state index < -0.39 is 16.8 Å². The maximum atomic E-state index is 12.0. The number of nitrogens with zero attached hydrogens (tertiary/aromatic N) is 1. The van der Waals surface area contributed by atoms with Gasteiger partial charge >= 0.3 is 0 Å². The number of amides is 1. The number of pyridine rings is 1. The molecule has 1 aliphatic carbocycles. The number of nitrogens with two attached hydrogens (primary N) is 1. The number of aromatic nitrogens is 1. The zero-order valence-corrected chi connectivity index (χ0v) is 18.7. The van der Waals surface area contributed by atoms with Gasteiger partial charge in [0.15, 0.2) is 0 Å². The Labute approximate surface area is 198 Å². The molecule has 34 heavy (non-hydrogen) atoms. The fraction of sp³-hybridized carbons (Fsp3) is 0.167. The molecule has 0 spiro atoms. The second-order valence-corrected chi connectivity index (χ2v) is 8.35. The lowest BCUT2D eigenvalue weighted by molar-refractivity contribution is 0.0997. The van der Waals surface area contributed by atoms with Gasteiger partial charge in [0.2, 0.25) is 0 Å². The maximum Gasteiger partial charge on any atom is 0.253 e. The molecule has 1 heterocycles. The van der Waals surface area contributed by atoms with Gasteiger partial charge in [-0.2, -0.15) is 0 Å². The van der Waals surface area contributed by atoms with Crippen LogP contribution in [0.25, 0.3) is 10.9 Å². The topological polar surface area (TPSA) is 133 Å². The molecule has 0 aliphatic heterocycles. The van der Waals surface area contributed by atoms with Gasteiger partial charge in [0, 0.05) is 29.8 Å². The van der Waals surface area contributed by atoms with Gasteiger partial charge in [0.05, 0.1) is 28.9 Å². The number of anilines is 3. The minimum absolute atomic E-state index is 0.203. The van der Waals surface area contributed by atoms with Crippen molar-refractivity contribution in [3.8, 4) is 17.2 Å². The Balaban J connectivity index is 1.42. The molecule has 0 atom stereocenters. The van der Waals surface area contributed by atoms with Crippen LogP contribution in [-0.2, 0) is 0 Å². The molecule has 4 N–H and O–H groups in total. The van der Waals surface area contributed by atoms with Gasteiger partial charge in [0.1, 0.15) is 28.6 Å². The maximum absolute atomic E-state index is 12.0. The number of hydrogen-bond acceptors (Lipinski definition) is 8. The average Bonchev–Trinajstić information content (AvgIpc) is 3.65. The molecular weight excluding hydrogens is 460 g/mol. The van der Waals surface area contributed by atoms with Gasteiger partial charge in [-0.15, -0.1) is 0 Å². The Morgan fingerprint density at radius 3 is 2.53 bits per heavy atom. The fourth-order valence-electron chi connectivity index (χ4n) is 3.60. The molecule has 0 bridgehead atoms. The molecular formula is C24H19ClN4O5. The molecule has 1 aliphatic rings. The first-order valence-corrected chi connectivity index (χ1v) is 10.8. The molecule has 9 nitrogen and oxygen atoms in total. The van der Waals surface area contributed by atoms with E-state index in [1.165, 1.54) is 7.11 Å². The Morgan fingerprint density at radius 1 is 1.09 bits per heavy atom. The van der Waals surface area contributed by atoms with Crippen molar-refractivity contribution >= 4 is 45.5 Å². The number of fused-ring (bicyclic) bond motifs is 1. The molecule has 1 saturated carbocycles. The van der Waals surface area contributed by atoms with E-state index in [1.807, 2.05) is 0 Å². The van der Waals surface area contributed by atoms with Crippen molar-refractivity contribution in [2.45, 2.75) is 18.9 Å². The molecule has 0 saturated heterocycles. The van der Waals surface area contributed by atoms with E-state index in [4.69, 9.17) is 26.8 Å². The summed E-state index contributed by atoms with van der Waals surface area (Å²) in [5.41, 5.74) is 6.09. The van der Waals surface area contributed by atoms with Crippen molar-refractivity contribution in [3.05, 3.63) is 73.6 Å². The summed E-state index contributed by atoms with van der Waals surface area (Å²) in [4.78, 5) is 40.0. The molecule has 10 heteroatoms. The molecule has 1 fully saturated rings. The van der Waals surface area contributed by atoms with E-state index in [9.17, 15) is 14.4 Å². The number of carbonyl (C=O) groups is 1. The number of hydrogen-bond donors (Lipinski definition) is 3. The quantitative estimate of drug-likeness (QED) is 0.326. The first kappa shape index (κ1) is 21.7. The lowest BCUT2D eigenvalue weighted by Crippen LogP contribution is -2.37. The van der Waals surface area contributed by atoms with Crippen LogP contribution in [0.1, 0.15) is 23.2 Å². The van der Waals surface area contributed by atoms with E-state index >= 15 is 0 Å². The van der Waals surface area contributed by atoms with Gasteiger partial charge in [-0.25, -0.2) is 0 Å². The van der Waals surface area contributed by atoms with Crippen LogP contribution in [-0.4, -0.2) is 24.0 Å². The highest BCUT2D eigenvalue weighted by atomic mass is 35.5. The Bertz CT molecular complexity index is 1520. The number of methoxy groups -OCH3 is 1. The molecule has 1 aromatic heterocycles. The molecule has 0 radical (unpaired) electrons. The van der Waals surface area contributed by atoms with Gasteiger partial charge in [-0.3, -0.25) is 19.4 Å². The Morgan fingerprint density at radius 2 is 1.85 bits per heavy atom. The highest BCUT2D eigenvalue weighted by Gasteiger charge is 2.28. The number of carbonyl (C=O) groups excluding carboxylic acids is 1. The second kappa shape index (κ2) is 8.35.